The van der Waals surface area contributed by atoms with Crippen LogP contribution in [0.1, 0.15) is 26.5 Å². The molecule has 3 nitrogen and oxygen atoms in total. The second kappa shape index (κ2) is 7.04. The number of nitrogens with one attached hydrogen (secondary N) is 1. The molecular formula is C17H24N2O. The first-order chi connectivity index (χ1) is 9.72. The Labute approximate surface area is 121 Å². The van der Waals surface area contributed by atoms with Crippen LogP contribution in [0.15, 0.2) is 47.1 Å². The molecule has 1 heterocycles. The predicted molar refractivity (Wildman–Crippen MR) is 85.5 cm³/mol. The van der Waals surface area contributed by atoms with Crippen LogP contribution in [0.2, 0.25) is 0 Å². The van der Waals surface area contributed by atoms with Crippen LogP contribution in [0.5, 0.6) is 0 Å². The van der Waals surface area contributed by atoms with Gasteiger partial charge in [-0.3, -0.25) is 0 Å². The molecule has 0 aliphatic rings. The van der Waals surface area contributed by atoms with E-state index in [1.165, 1.54) is 5.69 Å². The van der Waals surface area contributed by atoms with Gasteiger partial charge in [0.25, 0.3) is 0 Å². The molecule has 3 heteroatoms. The summed E-state index contributed by atoms with van der Waals surface area (Å²) < 4.78 is 5.37. The van der Waals surface area contributed by atoms with E-state index in [2.05, 4.69) is 55.3 Å². The van der Waals surface area contributed by atoms with Crippen LogP contribution < -0.4 is 10.2 Å². The van der Waals surface area contributed by atoms with Crippen molar-refractivity contribution in [2.45, 2.75) is 33.2 Å². The molecular weight excluding hydrogens is 248 g/mol. The Bertz CT molecular complexity index is 486. The largest absolute Gasteiger partial charge is 0.469 e. The van der Waals surface area contributed by atoms with Gasteiger partial charge in [-0.15, -0.1) is 0 Å². The summed E-state index contributed by atoms with van der Waals surface area (Å²) in [5, 5.41) is 3.50. The van der Waals surface area contributed by atoms with Gasteiger partial charge in [0.1, 0.15) is 5.76 Å². The molecule has 1 atom stereocenters. The van der Waals surface area contributed by atoms with Gasteiger partial charge in [0, 0.05) is 36.9 Å². The van der Waals surface area contributed by atoms with Crippen molar-refractivity contribution in [3.63, 3.8) is 0 Å². The Balaban J connectivity index is 1.93. The number of benzene rings is 1. The quantitative estimate of drug-likeness (QED) is 0.820. The highest BCUT2D eigenvalue weighted by Crippen LogP contribution is 2.19. The Morgan fingerprint density at radius 2 is 1.80 bits per heavy atom. The third-order valence-electron chi connectivity index (χ3n) is 3.50. The lowest BCUT2D eigenvalue weighted by Gasteiger charge is -2.21. The van der Waals surface area contributed by atoms with Gasteiger partial charge in [-0.1, -0.05) is 0 Å². The Kier molecular flexibility index (Phi) is 5.10. The topological polar surface area (TPSA) is 28.4 Å². The van der Waals surface area contributed by atoms with Crippen LogP contribution >= 0.6 is 0 Å². The number of hydrogen-bond acceptors (Lipinski definition) is 3. The molecule has 0 saturated heterocycles. The maximum absolute atomic E-state index is 5.37. The van der Waals surface area contributed by atoms with Gasteiger partial charge in [-0.2, -0.15) is 0 Å². The fraction of sp³-hybridized carbons (Fsp3) is 0.412. The lowest BCUT2D eigenvalue weighted by atomic mass is 10.1. The molecule has 108 valence electrons. The number of hydrogen-bond donors (Lipinski definition) is 1. The summed E-state index contributed by atoms with van der Waals surface area (Å²) >= 11 is 0. The lowest BCUT2D eigenvalue weighted by molar-refractivity contribution is 0.498. The Morgan fingerprint density at radius 3 is 2.35 bits per heavy atom. The van der Waals surface area contributed by atoms with Crippen LogP contribution in [-0.4, -0.2) is 19.1 Å². The molecule has 0 aliphatic heterocycles. The standard InChI is InChI=1S/C17H24N2O/c1-4-19(5-2)16-10-8-15(9-11-16)18-14(3)13-17-7-6-12-20-17/h6-12,14,18H,4-5,13H2,1-3H3. The van der Waals surface area contributed by atoms with Gasteiger partial charge in [-0.05, 0) is 57.2 Å². The minimum Gasteiger partial charge on any atom is -0.469 e. The first-order valence-electron chi connectivity index (χ1n) is 7.36. The number of anilines is 2. The van der Waals surface area contributed by atoms with Crippen LogP contribution in [0.4, 0.5) is 11.4 Å². The number of furan rings is 1. The fourth-order valence-electron chi connectivity index (χ4n) is 2.42. The smallest absolute Gasteiger partial charge is 0.105 e. The maximum atomic E-state index is 5.37. The average Bonchev–Trinajstić information content (AvgIpc) is 2.94. The van der Waals surface area contributed by atoms with Gasteiger partial charge in [-0.25, -0.2) is 0 Å². The Hall–Kier alpha value is -1.90. The Morgan fingerprint density at radius 1 is 1.10 bits per heavy atom. The van der Waals surface area contributed by atoms with Gasteiger partial charge in [0.05, 0.1) is 6.26 Å². The van der Waals surface area contributed by atoms with Crippen LogP contribution in [0.25, 0.3) is 0 Å². The fourth-order valence-corrected chi connectivity index (χ4v) is 2.42. The third-order valence-corrected chi connectivity index (χ3v) is 3.50. The van der Waals surface area contributed by atoms with Crippen molar-refractivity contribution in [1.29, 1.82) is 0 Å². The molecule has 1 aromatic heterocycles. The van der Waals surface area contributed by atoms with Crippen LogP contribution in [-0.2, 0) is 6.42 Å². The molecule has 2 aromatic rings. The van der Waals surface area contributed by atoms with E-state index in [9.17, 15) is 0 Å². The summed E-state index contributed by atoms with van der Waals surface area (Å²) in [5.74, 6) is 1.02. The van der Waals surface area contributed by atoms with E-state index in [0.717, 1.165) is 31.0 Å². The highest BCUT2D eigenvalue weighted by Gasteiger charge is 2.06. The third kappa shape index (κ3) is 3.80. The lowest BCUT2D eigenvalue weighted by Crippen LogP contribution is -2.22. The summed E-state index contributed by atoms with van der Waals surface area (Å²) in [6.07, 6.45) is 2.62. The average molecular weight is 272 g/mol. The molecule has 20 heavy (non-hydrogen) atoms. The highest BCUT2D eigenvalue weighted by atomic mass is 16.3. The van der Waals surface area contributed by atoms with Crippen molar-refractivity contribution < 1.29 is 4.42 Å². The van der Waals surface area contributed by atoms with Gasteiger partial charge < -0.3 is 14.6 Å². The molecule has 1 aromatic carbocycles. The van der Waals surface area contributed by atoms with E-state index in [-0.39, 0.29) is 0 Å². The number of rotatable bonds is 7. The highest BCUT2D eigenvalue weighted by molar-refractivity contribution is 5.55. The molecule has 0 aliphatic carbocycles. The second-order valence-electron chi connectivity index (χ2n) is 5.05. The van der Waals surface area contributed by atoms with E-state index >= 15 is 0 Å². The van der Waals surface area contributed by atoms with Crippen molar-refractivity contribution in [3.05, 3.63) is 48.4 Å². The molecule has 2 rings (SSSR count). The molecule has 0 saturated carbocycles. The predicted octanol–water partition coefficient (Wildman–Crippen LogP) is 4.17. The zero-order valence-corrected chi connectivity index (χ0v) is 12.6. The molecule has 0 radical (unpaired) electrons. The van der Waals surface area contributed by atoms with Crippen molar-refractivity contribution in [2.75, 3.05) is 23.3 Å². The van der Waals surface area contributed by atoms with Crippen LogP contribution in [0.3, 0.4) is 0 Å². The summed E-state index contributed by atoms with van der Waals surface area (Å²) in [4.78, 5) is 2.34. The van der Waals surface area contributed by atoms with Gasteiger partial charge >= 0.3 is 0 Å². The summed E-state index contributed by atoms with van der Waals surface area (Å²) in [5.41, 5.74) is 2.43. The summed E-state index contributed by atoms with van der Waals surface area (Å²) in [7, 11) is 0. The second-order valence-corrected chi connectivity index (χ2v) is 5.05. The molecule has 0 bridgehead atoms. The van der Waals surface area contributed by atoms with Crippen molar-refractivity contribution in [2.24, 2.45) is 0 Å². The van der Waals surface area contributed by atoms with Crippen molar-refractivity contribution >= 4 is 11.4 Å². The summed E-state index contributed by atoms with van der Waals surface area (Å²) in [6.45, 7) is 8.61. The van der Waals surface area contributed by atoms with Gasteiger partial charge in [0.2, 0.25) is 0 Å². The van der Waals surface area contributed by atoms with E-state index in [0.29, 0.717) is 6.04 Å². The molecule has 0 fully saturated rings. The van der Waals surface area contributed by atoms with E-state index in [4.69, 9.17) is 4.42 Å². The van der Waals surface area contributed by atoms with Gasteiger partial charge in [0.15, 0.2) is 0 Å². The summed E-state index contributed by atoms with van der Waals surface area (Å²) in [6, 6.07) is 12.9. The van der Waals surface area contributed by atoms with E-state index < -0.39 is 0 Å². The minimum atomic E-state index is 0.348. The monoisotopic (exact) mass is 272 g/mol. The normalized spacial score (nSPS) is 12.2. The first kappa shape index (κ1) is 14.5. The molecule has 1 N–H and O–H groups in total. The minimum absolute atomic E-state index is 0.348. The van der Waals surface area contributed by atoms with Crippen LogP contribution in [0, 0.1) is 0 Å². The maximum Gasteiger partial charge on any atom is 0.105 e. The van der Waals surface area contributed by atoms with Crippen molar-refractivity contribution in [1.82, 2.24) is 0 Å². The molecule has 0 spiro atoms. The SMILES string of the molecule is CCN(CC)c1ccc(NC(C)Cc2ccco2)cc1. The zero-order valence-electron chi connectivity index (χ0n) is 12.6. The van der Waals surface area contributed by atoms with Crippen molar-refractivity contribution in [3.8, 4) is 0 Å². The number of nitrogens with zero attached hydrogens (tertiary/aromatic N) is 1. The van der Waals surface area contributed by atoms with E-state index in [1.807, 2.05) is 12.1 Å². The molecule has 1 unspecified atom stereocenters. The zero-order chi connectivity index (χ0) is 14.4. The van der Waals surface area contributed by atoms with E-state index in [1.54, 1.807) is 6.26 Å². The first-order valence-corrected chi connectivity index (χ1v) is 7.36. The molecule has 0 amide bonds.